The Hall–Kier alpha value is -1.09. The van der Waals surface area contributed by atoms with Crippen LogP contribution in [0.1, 0.15) is 16.8 Å². The minimum absolute atomic E-state index is 0.0370. The van der Waals surface area contributed by atoms with E-state index in [9.17, 15) is 0 Å². The molecular formula is C9H14N2O. The summed E-state index contributed by atoms with van der Waals surface area (Å²) in [7, 11) is 1.81. The minimum Gasteiger partial charge on any atom is -0.392 e. The van der Waals surface area contributed by atoms with Gasteiger partial charge in [-0.1, -0.05) is 0 Å². The van der Waals surface area contributed by atoms with Crippen LogP contribution in [0.25, 0.3) is 0 Å². The number of hydrogen-bond donors (Lipinski definition) is 2. The first-order valence-electron chi connectivity index (χ1n) is 3.94. The smallest absolute Gasteiger partial charge is 0.131 e. The molecule has 1 heterocycles. The van der Waals surface area contributed by atoms with Crippen molar-refractivity contribution in [2.24, 2.45) is 0 Å². The van der Waals surface area contributed by atoms with Gasteiger partial charge in [0.25, 0.3) is 0 Å². The molecule has 0 radical (unpaired) electrons. The lowest BCUT2D eigenvalue weighted by Gasteiger charge is -2.09. The predicted molar refractivity (Wildman–Crippen MR) is 49.2 cm³/mol. The summed E-state index contributed by atoms with van der Waals surface area (Å²) < 4.78 is 0. The minimum atomic E-state index is 0.0370. The van der Waals surface area contributed by atoms with E-state index >= 15 is 0 Å². The zero-order chi connectivity index (χ0) is 9.14. The largest absolute Gasteiger partial charge is 0.392 e. The Labute approximate surface area is 72.5 Å². The van der Waals surface area contributed by atoms with E-state index in [1.54, 1.807) is 7.05 Å². The molecule has 0 unspecified atom stereocenters. The molecule has 2 N–H and O–H groups in total. The highest BCUT2D eigenvalue weighted by molar-refractivity contribution is 5.48. The Bertz CT molecular complexity index is 284. The molecule has 0 amide bonds. The number of aliphatic hydroxyl groups excluding tert-OH is 1. The fraction of sp³-hybridized carbons (Fsp3) is 0.444. The molecule has 0 bridgehead atoms. The predicted octanol–water partition coefficient (Wildman–Crippen LogP) is 1.23. The van der Waals surface area contributed by atoms with E-state index in [0.29, 0.717) is 0 Å². The van der Waals surface area contributed by atoms with Gasteiger partial charge < -0.3 is 10.4 Å². The molecule has 0 atom stereocenters. The van der Waals surface area contributed by atoms with Crippen molar-refractivity contribution in [3.8, 4) is 0 Å². The third kappa shape index (κ3) is 1.56. The monoisotopic (exact) mass is 166 g/mol. The number of nitrogens with one attached hydrogen (secondary N) is 1. The Kier molecular flexibility index (Phi) is 2.65. The lowest BCUT2D eigenvalue weighted by Crippen LogP contribution is -2.02. The van der Waals surface area contributed by atoms with E-state index in [0.717, 1.165) is 22.6 Å². The molecule has 1 aromatic rings. The maximum Gasteiger partial charge on any atom is 0.131 e. The summed E-state index contributed by atoms with van der Waals surface area (Å²) in [5.41, 5.74) is 2.92. The van der Waals surface area contributed by atoms with Gasteiger partial charge in [0.1, 0.15) is 5.82 Å². The van der Waals surface area contributed by atoms with Crippen molar-refractivity contribution in [3.05, 3.63) is 22.9 Å². The zero-order valence-corrected chi connectivity index (χ0v) is 7.68. The summed E-state index contributed by atoms with van der Waals surface area (Å²) in [5.74, 6) is 0.773. The SMILES string of the molecule is CNc1nc(C)cc(C)c1CO. The van der Waals surface area contributed by atoms with Gasteiger partial charge in [0.2, 0.25) is 0 Å². The van der Waals surface area contributed by atoms with Crippen molar-refractivity contribution in [3.63, 3.8) is 0 Å². The van der Waals surface area contributed by atoms with E-state index in [1.165, 1.54) is 0 Å². The summed E-state index contributed by atoms with van der Waals surface area (Å²) in [6, 6.07) is 1.96. The standard InChI is InChI=1S/C9H14N2O/c1-6-4-7(2)11-9(10-3)8(6)5-12/h4,12H,5H2,1-3H3,(H,10,11). The van der Waals surface area contributed by atoms with Crippen molar-refractivity contribution in [1.82, 2.24) is 4.98 Å². The number of aromatic nitrogens is 1. The number of hydrogen-bond acceptors (Lipinski definition) is 3. The first-order valence-corrected chi connectivity index (χ1v) is 3.94. The van der Waals surface area contributed by atoms with Gasteiger partial charge in [-0.15, -0.1) is 0 Å². The molecule has 12 heavy (non-hydrogen) atoms. The zero-order valence-electron chi connectivity index (χ0n) is 7.68. The molecule has 0 aromatic carbocycles. The summed E-state index contributed by atoms with van der Waals surface area (Å²) >= 11 is 0. The molecule has 0 aliphatic rings. The first-order chi connectivity index (χ1) is 5.69. The molecule has 0 saturated carbocycles. The molecule has 1 rings (SSSR count). The fourth-order valence-corrected chi connectivity index (χ4v) is 1.27. The van der Waals surface area contributed by atoms with E-state index in [4.69, 9.17) is 5.11 Å². The van der Waals surface area contributed by atoms with Gasteiger partial charge in [-0.25, -0.2) is 4.98 Å². The van der Waals surface area contributed by atoms with Crippen LogP contribution in [-0.4, -0.2) is 17.1 Å². The van der Waals surface area contributed by atoms with E-state index < -0.39 is 0 Å². The van der Waals surface area contributed by atoms with Crippen molar-refractivity contribution >= 4 is 5.82 Å². The van der Waals surface area contributed by atoms with Crippen molar-refractivity contribution in [2.75, 3.05) is 12.4 Å². The van der Waals surface area contributed by atoms with Crippen molar-refractivity contribution < 1.29 is 5.11 Å². The number of aliphatic hydroxyl groups is 1. The molecule has 1 aromatic heterocycles. The van der Waals surface area contributed by atoms with Crippen LogP contribution >= 0.6 is 0 Å². The van der Waals surface area contributed by atoms with Crippen LogP contribution in [-0.2, 0) is 6.61 Å². The third-order valence-corrected chi connectivity index (χ3v) is 1.87. The molecular weight excluding hydrogens is 152 g/mol. The number of aryl methyl sites for hydroxylation is 2. The molecule has 0 saturated heterocycles. The van der Waals surface area contributed by atoms with Crippen molar-refractivity contribution in [2.45, 2.75) is 20.5 Å². The van der Waals surface area contributed by atoms with E-state index in [-0.39, 0.29) is 6.61 Å². The summed E-state index contributed by atoms with van der Waals surface area (Å²) in [6.07, 6.45) is 0. The number of pyridine rings is 1. The van der Waals surface area contributed by atoms with Crippen LogP contribution in [0.4, 0.5) is 5.82 Å². The summed E-state index contributed by atoms with van der Waals surface area (Å²) in [5, 5.41) is 12.0. The second-order valence-electron chi connectivity index (χ2n) is 2.82. The van der Waals surface area contributed by atoms with Gasteiger partial charge in [-0.05, 0) is 25.5 Å². The van der Waals surface area contributed by atoms with Gasteiger partial charge in [-0.3, -0.25) is 0 Å². The van der Waals surface area contributed by atoms with Gasteiger partial charge in [-0.2, -0.15) is 0 Å². The van der Waals surface area contributed by atoms with Gasteiger partial charge in [0, 0.05) is 18.3 Å². The normalized spacial score (nSPS) is 10.0. The third-order valence-electron chi connectivity index (χ3n) is 1.87. The number of rotatable bonds is 2. The Balaban J connectivity index is 3.24. The highest BCUT2D eigenvalue weighted by Crippen LogP contribution is 2.17. The molecule has 0 fully saturated rings. The molecule has 3 heteroatoms. The van der Waals surface area contributed by atoms with Crippen molar-refractivity contribution in [1.29, 1.82) is 0 Å². The average molecular weight is 166 g/mol. The van der Waals surface area contributed by atoms with E-state index in [1.807, 2.05) is 19.9 Å². The maximum atomic E-state index is 9.04. The van der Waals surface area contributed by atoms with Crippen LogP contribution in [0.15, 0.2) is 6.07 Å². The first kappa shape index (κ1) is 9.00. The Morgan fingerprint density at radius 3 is 2.67 bits per heavy atom. The number of nitrogens with zero attached hydrogens (tertiary/aromatic N) is 1. The maximum absolute atomic E-state index is 9.04. The van der Waals surface area contributed by atoms with E-state index in [2.05, 4.69) is 10.3 Å². The lowest BCUT2D eigenvalue weighted by atomic mass is 10.1. The Morgan fingerprint density at radius 1 is 1.50 bits per heavy atom. The quantitative estimate of drug-likeness (QED) is 0.694. The van der Waals surface area contributed by atoms with Crippen LogP contribution < -0.4 is 5.32 Å². The average Bonchev–Trinajstić information content (AvgIpc) is 2.03. The van der Waals surface area contributed by atoms with Crippen LogP contribution in [0, 0.1) is 13.8 Å². The van der Waals surface area contributed by atoms with Crippen LogP contribution in [0.5, 0.6) is 0 Å². The molecule has 3 nitrogen and oxygen atoms in total. The van der Waals surface area contributed by atoms with Gasteiger partial charge in [0.05, 0.1) is 6.61 Å². The fourth-order valence-electron chi connectivity index (χ4n) is 1.27. The highest BCUT2D eigenvalue weighted by Gasteiger charge is 2.05. The molecule has 66 valence electrons. The second-order valence-corrected chi connectivity index (χ2v) is 2.82. The molecule has 0 aliphatic carbocycles. The summed E-state index contributed by atoms with van der Waals surface area (Å²) in [4.78, 5) is 4.25. The second kappa shape index (κ2) is 3.54. The number of anilines is 1. The van der Waals surface area contributed by atoms with Gasteiger partial charge >= 0.3 is 0 Å². The Morgan fingerprint density at radius 2 is 2.17 bits per heavy atom. The highest BCUT2D eigenvalue weighted by atomic mass is 16.3. The molecule has 0 spiro atoms. The topological polar surface area (TPSA) is 45.2 Å². The summed E-state index contributed by atoms with van der Waals surface area (Å²) in [6.45, 7) is 3.95. The lowest BCUT2D eigenvalue weighted by molar-refractivity contribution is 0.281. The van der Waals surface area contributed by atoms with Gasteiger partial charge in [0.15, 0.2) is 0 Å². The van der Waals surface area contributed by atoms with Crippen LogP contribution in [0.2, 0.25) is 0 Å². The molecule has 0 aliphatic heterocycles. The van der Waals surface area contributed by atoms with Crippen LogP contribution in [0.3, 0.4) is 0 Å².